The van der Waals surface area contributed by atoms with Crippen LogP contribution in [0.3, 0.4) is 0 Å². The van der Waals surface area contributed by atoms with Gasteiger partial charge in [0, 0.05) is 18.0 Å². The van der Waals surface area contributed by atoms with Gasteiger partial charge in [-0.05, 0) is 12.8 Å². The lowest BCUT2D eigenvalue weighted by atomic mass is 10.8. The van der Waals surface area contributed by atoms with Crippen molar-refractivity contribution in [2.75, 3.05) is 0 Å². The number of hydrogen-bond acceptors (Lipinski definition) is 3. The largest absolute Gasteiger partial charge is 0.273 e. The zero-order valence-corrected chi connectivity index (χ0v) is 5.97. The number of hydrogen-bond donors (Lipinski definition) is 2. The molecule has 0 aliphatic heterocycles. The first-order valence-electron chi connectivity index (χ1n) is 2.44. The highest BCUT2D eigenvalue weighted by Gasteiger charge is 2.21. The second kappa shape index (κ2) is 2.75. The molecular weight excluding hydrogens is 142 g/mol. The third kappa shape index (κ3) is 2.59. The standard InChI is InChI=1S/C4H7NOS2/c6-4(7)8-5-3-1-2-3/h3,5H,1-2H2,(H,6,7). The molecule has 1 aliphatic rings. The number of carbonyl (C=O) groups excluding carboxylic acids is 1. The fourth-order valence-electron chi connectivity index (χ4n) is 0.335. The van der Waals surface area contributed by atoms with Crippen molar-refractivity contribution in [3.8, 4) is 0 Å². The van der Waals surface area contributed by atoms with E-state index in [2.05, 4.69) is 17.4 Å². The molecule has 0 aromatic rings. The minimum absolute atomic E-state index is 0.156. The summed E-state index contributed by atoms with van der Waals surface area (Å²) in [5, 5.41) is 0. The molecular formula is C4H7NOS2. The Bertz CT molecular complexity index is 102. The summed E-state index contributed by atoms with van der Waals surface area (Å²) < 4.78 is 2.79. The van der Waals surface area contributed by atoms with Crippen molar-refractivity contribution in [2.24, 2.45) is 0 Å². The van der Waals surface area contributed by atoms with Crippen LogP contribution in [0.4, 0.5) is 4.79 Å². The van der Waals surface area contributed by atoms with Crippen LogP contribution in [-0.2, 0) is 0 Å². The molecule has 1 fully saturated rings. The van der Waals surface area contributed by atoms with Crippen LogP contribution < -0.4 is 4.72 Å². The maximum atomic E-state index is 10.1. The van der Waals surface area contributed by atoms with E-state index < -0.39 is 0 Å². The predicted molar refractivity (Wildman–Crippen MR) is 38.1 cm³/mol. The van der Waals surface area contributed by atoms with E-state index in [-0.39, 0.29) is 4.45 Å². The Morgan fingerprint density at radius 1 is 1.75 bits per heavy atom. The van der Waals surface area contributed by atoms with Gasteiger partial charge in [0.2, 0.25) is 0 Å². The minimum Gasteiger partial charge on any atom is -0.273 e. The van der Waals surface area contributed by atoms with Gasteiger partial charge in [-0.2, -0.15) is 0 Å². The lowest BCUT2D eigenvalue weighted by molar-refractivity contribution is 0.276. The van der Waals surface area contributed by atoms with E-state index >= 15 is 0 Å². The summed E-state index contributed by atoms with van der Waals surface area (Å²) in [5.41, 5.74) is 0. The van der Waals surface area contributed by atoms with E-state index in [1.54, 1.807) is 0 Å². The van der Waals surface area contributed by atoms with Crippen LogP contribution in [0.1, 0.15) is 12.8 Å². The zero-order valence-electron chi connectivity index (χ0n) is 4.26. The van der Waals surface area contributed by atoms with E-state index in [0.29, 0.717) is 6.04 Å². The summed E-state index contributed by atoms with van der Waals surface area (Å²) in [5.74, 6) is 0. The summed E-state index contributed by atoms with van der Waals surface area (Å²) >= 11 is 4.64. The highest BCUT2D eigenvalue weighted by molar-refractivity contribution is 8.31. The SMILES string of the molecule is O=C(S)SNC1CC1. The van der Waals surface area contributed by atoms with Gasteiger partial charge in [0.1, 0.15) is 0 Å². The normalized spacial score (nSPS) is 18.6. The van der Waals surface area contributed by atoms with Crippen molar-refractivity contribution in [3.63, 3.8) is 0 Å². The average molecular weight is 149 g/mol. The summed E-state index contributed by atoms with van der Waals surface area (Å²) in [6.07, 6.45) is 2.40. The van der Waals surface area contributed by atoms with Crippen molar-refractivity contribution in [2.45, 2.75) is 18.9 Å². The van der Waals surface area contributed by atoms with Crippen molar-refractivity contribution >= 4 is 29.0 Å². The quantitative estimate of drug-likeness (QED) is 0.460. The number of thiol groups is 1. The van der Waals surface area contributed by atoms with E-state index in [4.69, 9.17) is 0 Å². The first kappa shape index (κ1) is 6.45. The molecule has 46 valence electrons. The molecule has 0 amide bonds. The molecule has 8 heavy (non-hydrogen) atoms. The van der Waals surface area contributed by atoms with Crippen LogP contribution >= 0.6 is 24.6 Å². The second-order valence-corrected chi connectivity index (χ2v) is 3.28. The van der Waals surface area contributed by atoms with Crippen molar-refractivity contribution in [3.05, 3.63) is 0 Å². The van der Waals surface area contributed by atoms with Gasteiger partial charge in [-0.3, -0.25) is 9.52 Å². The molecule has 1 saturated carbocycles. The van der Waals surface area contributed by atoms with Crippen LogP contribution in [0.15, 0.2) is 0 Å². The van der Waals surface area contributed by atoms with Crippen LogP contribution in [0, 0.1) is 0 Å². The minimum atomic E-state index is -0.156. The van der Waals surface area contributed by atoms with Crippen molar-refractivity contribution in [1.29, 1.82) is 0 Å². The van der Waals surface area contributed by atoms with Gasteiger partial charge in [0.25, 0.3) is 4.45 Å². The summed E-state index contributed by atoms with van der Waals surface area (Å²) in [4.78, 5) is 10.1. The maximum absolute atomic E-state index is 10.1. The average Bonchev–Trinajstić information content (AvgIpc) is 2.41. The molecule has 0 bridgehead atoms. The summed E-state index contributed by atoms with van der Waals surface area (Å²) in [7, 11) is 0. The first-order chi connectivity index (χ1) is 3.79. The van der Waals surface area contributed by atoms with Crippen LogP contribution in [0.5, 0.6) is 0 Å². The topological polar surface area (TPSA) is 29.1 Å². The first-order valence-corrected chi connectivity index (χ1v) is 3.70. The Kier molecular flexibility index (Phi) is 2.22. The Balaban J connectivity index is 1.95. The van der Waals surface area contributed by atoms with E-state index in [0.717, 1.165) is 11.9 Å². The molecule has 0 radical (unpaired) electrons. The molecule has 1 rings (SSSR count). The Morgan fingerprint density at radius 3 is 2.75 bits per heavy atom. The Morgan fingerprint density at radius 2 is 2.38 bits per heavy atom. The Hall–Kier alpha value is 0.330. The van der Waals surface area contributed by atoms with Gasteiger partial charge in [-0.15, -0.1) is 0 Å². The molecule has 1 N–H and O–H groups in total. The molecule has 0 saturated heterocycles. The van der Waals surface area contributed by atoms with Gasteiger partial charge >= 0.3 is 0 Å². The zero-order chi connectivity index (χ0) is 5.98. The number of nitrogens with one attached hydrogen (secondary N) is 1. The molecule has 0 atom stereocenters. The lowest BCUT2D eigenvalue weighted by Gasteiger charge is -1.92. The van der Waals surface area contributed by atoms with Gasteiger partial charge in [0.05, 0.1) is 0 Å². The van der Waals surface area contributed by atoms with E-state index in [1.807, 2.05) is 0 Å². The Labute approximate surface area is 58.0 Å². The van der Waals surface area contributed by atoms with Crippen LogP contribution in [0.2, 0.25) is 0 Å². The molecule has 2 nitrogen and oxygen atoms in total. The fraction of sp³-hybridized carbons (Fsp3) is 0.750. The van der Waals surface area contributed by atoms with Gasteiger partial charge in [-0.1, -0.05) is 12.6 Å². The van der Waals surface area contributed by atoms with Gasteiger partial charge < -0.3 is 0 Å². The number of rotatable bonds is 2. The second-order valence-electron chi connectivity index (χ2n) is 1.76. The highest BCUT2D eigenvalue weighted by atomic mass is 32.2. The molecule has 0 aromatic heterocycles. The molecule has 0 unspecified atom stereocenters. The smallest absolute Gasteiger partial charge is 0.257 e. The summed E-state index contributed by atoms with van der Waals surface area (Å²) in [6.45, 7) is 0. The third-order valence-corrected chi connectivity index (χ3v) is 1.79. The number of carbonyl (C=O) groups is 1. The van der Waals surface area contributed by atoms with Crippen LogP contribution in [-0.4, -0.2) is 10.5 Å². The fourth-order valence-corrected chi connectivity index (χ4v) is 0.996. The van der Waals surface area contributed by atoms with E-state index in [9.17, 15) is 4.79 Å². The van der Waals surface area contributed by atoms with Crippen molar-refractivity contribution in [1.82, 2.24) is 4.72 Å². The monoisotopic (exact) mass is 149 g/mol. The van der Waals surface area contributed by atoms with Crippen molar-refractivity contribution < 1.29 is 4.79 Å². The molecule has 4 heteroatoms. The van der Waals surface area contributed by atoms with Crippen LogP contribution in [0.25, 0.3) is 0 Å². The molecule has 0 spiro atoms. The predicted octanol–water partition coefficient (Wildman–Crippen LogP) is 1.44. The lowest BCUT2D eigenvalue weighted by Crippen LogP contribution is -2.06. The van der Waals surface area contributed by atoms with E-state index in [1.165, 1.54) is 12.8 Å². The maximum Gasteiger partial charge on any atom is 0.257 e. The molecule has 1 aliphatic carbocycles. The highest BCUT2D eigenvalue weighted by Crippen LogP contribution is 2.22. The molecule has 0 heterocycles. The molecule has 0 aromatic carbocycles. The summed E-state index contributed by atoms with van der Waals surface area (Å²) in [6, 6.07) is 0.580. The van der Waals surface area contributed by atoms with Gasteiger partial charge in [-0.25, -0.2) is 0 Å². The third-order valence-electron chi connectivity index (χ3n) is 0.890. The van der Waals surface area contributed by atoms with Gasteiger partial charge in [0.15, 0.2) is 0 Å².